The molecule has 2 aromatic rings. The largest absolute Gasteiger partial charge is 0.492 e. The van der Waals surface area contributed by atoms with Gasteiger partial charge in [0.2, 0.25) is 0 Å². The minimum Gasteiger partial charge on any atom is -0.492 e. The zero-order valence-corrected chi connectivity index (χ0v) is 13.0. The topological polar surface area (TPSA) is 37.4 Å². The highest BCUT2D eigenvalue weighted by Crippen LogP contribution is 2.28. The van der Waals surface area contributed by atoms with Crippen LogP contribution in [0.15, 0.2) is 42.7 Å². The minimum atomic E-state index is 0.675. The summed E-state index contributed by atoms with van der Waals surface area (Å²) in [6.07, 6.45) is 3.63. The molecule has 2 rings (SSSR count). The van der Waals surface area contributed by atoms with Gasteiger partial charge in [-0.15, -0.1) is 0 Å². The highest BCUT2D eigenvalue weighted by molar-refractivity contribution is 5.58. The van der Waals surface area contributed by atoms with Gasteiger partial charge in [-0.1, -0.05) is 6.07 Å². The lowest BCUT2D eigenvalue weighted by molar-refractivity contribution is 0.340. The number of hydrogen-bond acceptors (Lipinski definition) is 4. The molecule has 1 N–H and O–H groups in total. The lowest BCUT2D eigenvalue weighted by atomic mass is 10.1. The second-order valence-electron chi connectivity index (χ2n) is 5.09. The van der Waals surface area contributed by atoms with E-state index in [0.717, 1.165) is 24.5 Å². The predicted octanol–water partition coefficient (Wildman–Crippen LogP) is 2.84. The molecule has 0 atom stereocenters. The number of ether oxygens (including phenoxy) is 1. The maximum absolute atomic E-state index is 5.73. The van der Waals surface area contributed by atoms with Crippen LogP contribution < -0.4 is 15.0 Å². The Morgan fingerprint density at radius 2 is 1.76 bits per heavy atom. The Kier molecular flexibility index (Phi) is 5.58. The number of pyridine rings is 1. The van der Waals surface area contributed by atoms with E-state index < -0.39 is 0 Å². The van der Waals surface area contributed by atoms with E-state index in [0.29, 0.717) is 6.61 Å². The van der Waals surface area contributed by atoms with Crippen molar-refractivity contribution in [3.63, 3.8) is 0 Å². The number of aromatic nitrogens is 1. The molecule has 4 nitrogen and oxygen atoms in total. The molecule has 0 aliphatic carbocycles. The quantitative estimate of drug-likeness (QED) is 0.849. The summed E-state index contributed by atoms with van der Waals surface area (Å²) in [6.45, 7) is 4.33. The van der Waals surface area contributed by atoms with E-state index in [2.05, 4.69) is 33.4 Å². The fraction of sp³-hybridized carbons (Fsp3) is 0.353. The summed E-state index contributed by atoms with van der Waals surface area (Å²) in [5.74, 6) is 0.936. The van der Waals surface area contributed by atoms with Crippen LogP contribution in [0, 0.1) is 0 Å². The summed E-state index contributed by atoms with van der Waals surface area (Å²) in [4.78, 5) is 6.09. The molecule has 0 fully saturated rings. The molecule has 112 valence electrons. The highest BCUT2D eigenvalue weighted by Gasteiger charge is 2.06. The zero-order chi connectivity index (χ0) is 15.1. The maximum Gasteiger partial charge on any atom is 0.142 e. The summed E-state index contributed by atoms with van der Waals surface area (Å²) in [6, 6.07) is 10.4. The third-order valence-electron chi connectivity index (χ3n) is 3.21. The van der Waals surface area contributed by atoms with Gasteiger partial charge in [0.1, 0.15) is 5.75 Å². The van der Waals surface area contributed by atoms with Gasteiger partial charge in [0.25, 0.3) is 0 Å². The Balaban J connectivity index is 1.98. The Morgan fingerprint density at radius 1 is 1.05 bits per heavy atom. The first-order chi connectivity index (χ1) is 10.2. The molecule has 0 saturated carbocycles. The van der Waals surface area contributed by atoms with E-state index in [1.54, 1.807) is 0 Å². The van der Waals surface area contributed by atoms with Gasteiger partial charge in [-0.05, 0) is 42.3 Å². The van der Waals surface area contributed by atoms with Gasteiger partial charge in [0, 0.05) is 39.6 Å². The molecular formula is C17H23N3O. The molecule has 0 bridgehead atoms. The van der Waals surface area contributed by atoms with E-state index in [9.17, 15) is 0 Å². The summed E-state index contributed by atoms with van der Waals surface area (Å²) >= 11 is 0. The molecule has 1 heterocycles. The molecule has 0 amide bonds. The van der Waals surface area contributed by atoms with Gasteiger partial charge in [-0.25, -0.2) is 0 Å². The van der Waals surface area contributed by atoms with Gasteiger partial charge in [0.15, 0.2) is 0 Å². The van der Waals surface area contributed by atoms with E-state index in [-0.39, 0.29) is 0 Å². The van der Waals surface area contributed by atoms with Crippen molar-refractivity contribution in [1.82, 2.24) is 10.3 Å². The molecule has 21 heavy (non-hydrogen) atoms. The second kappa shape index (κ2) is 7.64. The van der Waals surface area contributed by atoms with Gasteiger partial charge in [-0.3, -0.25) is 4.98 Å². The van der Waals surface area contributed by atoms with Crippen molar-refractivity contribution >= 4 is 5.69 Å². The molecule has 0 unspecified atom stereocenters. The maximum atomic E-state index is 5.73. The minimum absolute atomic E-state index is 0.675. The van der Waals surface area contributed by atoms with E-state index >= 15 is 0 Å². The van der Waals surface area contributed by atoms with Gasteiger partial charge < -0.3 is 15.0 Å². The zero-order valence-electron chi connectivity index (χ0n) is 13.0. The van der Waals surface area contributed by atoms with Crippen molar-refractivity contribution in [2.75, 3.05) is 25.6 Å². The van der Waals surface area contributed by atoms with Gasteiger partial charge in [0.05, 0.1) is 12.3 Å². The van der Waals surface area contributed by atoms with Crippen molar-refractivity contribution in [3.05, 3.63) is 53.9 Å². The van der Waals surface area contributed by atoms with E-state index in [1.807, 2.05) is 45.5 Å². The van der Waals surface area contributed by atoms with Crippen LogP contribution in [0.1, 0.15) is 18.1 Å². The van der Waals surface area contributed by atoms with Crippen molar-refractivity contribution < 1.29 is 4.74 Å². The summed E-state index contributed by atoms with van der Waals surface area (Å²) in [5, 5.41) is 3.44. The smallest absolute Gasteiger partial charge is 0.142 e. The third-order valence-corrected chi connectivity index (χ3v) is 3.21. The number of nitrogens with zero attached hydrogens (tertiary/aromatic N) is 2. The highest BCUT2D eigenvalue weighted by atomic mass is 16.5. The fourth-order valence-corrected chi connectivity index (χ4v) is 2.16. The molecule has 0 radical (unpaired) electrons. The standard InChI is InChI=1S/C17H23N3O/c1-4-21-17-11-15(5-6-16(17)20(2)3)13-19-12-14-7-9-18-10-8-14/h5-11,19H,4,12-13H2,1-3H3. The summed E-state index contributed by atoms with van der Waals surface area (Å²) in [7, 11) is 4.05. The number of benzene rings is 1. The fourth-order valence-electron chi connectivity index (χ4n) is 2.16. The molecular weight excluding hydrogens is 262 g/mol. The molecule has 0 aliphatic heterocycles. The van der Waals surface area contributed by atoms with Gasteiger partial charge in [-0.2, -0.15) is 0 Å². The average Bonchev–Trinajstić information content (AvgIpc) is 2.49. The second-order valence-corrected chi connectivity index (χ2v) is 5.09. The normalized spacial score (nSPS) is 10.4. The first kappa shape index (κ1) is 15.3. The SMILES string of the molecule is CCOc1cc(CNCc2ccncc2)ccc1N(C)C. The van der Waals surface area contributed by atoms with Crippen LogP contribution in [0.5, 0.6) is 5.75 Å². The Hall–Kier alpha value is -2.07. The van der Waals surface area contributed by atoms with Crippen molar-refractivity contribution in [3.8, 4) is 5.75 Å². The van der Waals surface area contributed by atoms with Crippen LogP contribution in [-0.2, 0) is 13.1 Å². The molecule has 0 saturated heterocycles. The lowest BCUT2D eigenvalue weighted by Crippen LogP contribution is -2.14. The van der Waals surface area contributed by atoms with Crippen LogP contribution in [0.3, 0.4) is 0 Å². The lowest BCUT2D eigenvalue weighted by Gasteiger charge is -2.18. The summed E-state index contributed by atoms with van der Waals surface area (Å²) < 4.78 is 5.73. The Bertz CT molecular complexity index is 555. The number of nitrogens with one attached hydrogen (secondary N) is 1. The molecule has 0 spiro atoms. The molecule has 1 aromatic carbocycles. The first-order valence-corrected chi connectivity index (χ1v) is 7.23. The van der Waals surface area contributed by atoms with Gasteiger partial charge >= 0.3 is 0 Å². The number of hydrogen-bond donors (Lipinski definition) is 1. The third kappa shape index (κ3) is 4.46. The van der Waals surface area contributed by atoms with Crippen LogP contribution in [0.25, 0.3) is 0 Å². The van der Waals surface area contributed by atoms with Crippen LogP contribution >= 0.6 is 0 Å². The molecule has 1 aromatic heterocycles. The van der Waals surface area contributed by atoms with Crippen molar-refractivity contribution in [2.24, 2.45) is 0 Å². The Morgan fingerprint density at radius 3 is 2.43 bits per heavy atom. The van der Waals surface area contributed by atoms with Crippen LogP contribution in [-0.4, -0.2) is 25.7 Å². The summed E-state index contributed by atoms with van der Waals surface area (Å²) in [5.41, 5.74) is 3.56. The van der Waals surface area contributed by atoms with Crippen LogP contribution in [0.2, 0.25) is 0 Å². The number of rotatable bonds is 7. The predicted molar refractivity (Wildman–Crippen MR) is 86.7 cm³/mol. The first-order valence-electron chi connectivity index (χ1n) is 7.23. The van der Waals surface area contributed by atoms with E-state index in [1.165, 1.54) is 11.1 Å². The average molecular weight is 285 g/mol. The Labute approximate surface area is 126 Å². The molecule has 0 aliphatic rings. The van der Waals surface area contributed by atoms with E-state index in [4.69, 9.17) is 4.74 Å². The molecule has 4 heteroatoms. The number of anilines is 1. The monoisotopic (exact) mass is 285 g/mol. The van der Waals surface area contributed by atoms with Crippen molar-refractivity contribution in [2.45, 2.75) is 20.0 Å². The van der Waals surface area contributed by atoms with Crippen molar-refractivity contribution in [1.29, 1.82) is 0 Å². The van der Waals surface area contributed by atoms with Crippen LogP contribution in [0.4, 0.5) is 5.69 Å².